The van der Waals surface area contributed by atoms with Gasteiger partial charge in [-0.25, -0.2) is 0 Å². The largest absolute Gasteiger partial charge is 0.497 e. The van der Waals surface area contributed by atoms with Crippen LogP contribution in [0.25, 0.3) is 11.3 Å². The molecule has 1 amide bonds. The van der Waals surface area contributed by atoms with Crippen LogP contribution in [0.15, 0.2) is 30.3 Å². The molecule has 0 bridgehead atoms. The van der Waals surface area contributed by atoms with E-state index in [1.165, 1.54) is 12.8 Å². The number of rotatable bonds is 3. The van der Waals surface area contributed by atoms with Gasteiger partial charge in [-0.2, -0.15) is 5.10 Å². The van der Waals surface area contributed by atoms with E-state index in [0.717, 1.165) is 49.6 Å². The van der Waals surface area contributed by atoms with Gasteiger partial charge in [-0.1, -0.05) is 12.1 Å². The summed E-state index contributed by atoms with van der Waals surface area (Å²) in [5.74, 6) is 0.823. The Labute approximate surface area is 147 Å². The highest BCUT2D eigenvalue weighted by Crippen LogP contribution is 2.37. The molecule has 2 aromatic rings. The van der Waals surface area contributed by atoms with Crippen molar-refractivity contribution in [2.24, 2.45) is 5.41 Å². The first-order valence-corrected chi connectivity index (χ1v) is 8.89. The van der Waals surface area contributed by atoms with Crippen LogP contribution in [0.2, 0.25) is 0 Å². The standard InChI is InChI=1S/C19H24N4O2/c1-25-15-5-2-4-14(10-15)16-11-17(22-21-16)18(24)23-9-7-19(13-23)6-3-8-20-12-19/h2,4-5,10-11,20H,3,6-9,12-13H2,1H3,(H,21,22)/t19-/m1/s1. The molecule has 2 N–H and O–H groups in total. The normalized spacial score (nSPS) is 23.2. The summed E-state index contributed by atoms with van der Waals surface area (Å²) in [6.45, 7) is 3.79. The predicted octanol–water partition coefficient (Wildman–Crippen LogP) is 2.30. The Kier molecular flexibility index (Phi) is 4.21. The highest BCUT2D eigenvalue weighted by molar-refractivity contribution is 5.93. The van der Waals surface area contributed by atoms with E-state index < -0.39 is 0 Å². The van der Waals surface area contributed by atoms with E-state index in [0.29, 0.717) is 5.69 Å². The molecule has 2 aliphatic heterocycles. The number of ether oxygens (including phenoxy) is 1. The Morgan fingerprint density at radius 3 is 3.04 bits per heavy atom. The van der Waals surface area contributed by atoms with Crippen LogP contribution in [-0.4, -0.2) is 54.3 Å². The Hall–Kier alpha value is -2.34. The Bertz CT molecular complexity index is 764. The molecular formula is C19H24N4O2. The Balaban J connectivity index is 1.49. The molecule has 0 aliphatic carbocycles. The summed E-state index contributed by atoms with van der Waals surface area (Å²) in [6, 6.07) is 9.53. The van der Waals surface area contributed by atoms with E-state index in [1.54, 1.807) is 7.11 Å². The maximum absolute atomic E-state index is 12.9. The first kappa shape index (κ1) is 16.1. The maximum Gasteiger partial charge on any atom is 0.271 e. The quantitative estimate of drug-likeness (QED) is 0.899. The van der Waals surface area contributed by atoms with Gasteiger partial charge in [-0.3, -0.25) is 9.89 Å². The van der Waals surface area contributed by atoms with Crippen molar-refractivity contribution >= 4 is 5.91 Å². The zero-order valence-corrected chi connectivity index (χ0v) is 14.5. The summed E-state index contributed by atoms with van der Waals surface area (Å²) in [4.78, 5) is 14.8. The number of amides is 1. The number of H-pyrrole nitrogens is 1. The van der Waals surface area contributed by atoms with E-state index in [9.17, 15) is 4.79 Å². The SMILES string of the molecule is COc1cccc(-c2cc(C(=O)N3CC[C@@]4(CCCNC4)C3)[nH]n2)c1. The summed E-state index contributed by atoms with van der Waals surface area (Å²) in [5.41, 5.74) is 2.52. The molecule has 1 atom stereocenters. The van der Waals surface area contributed by atoms with Gasteiger partial charge in [0.25, 0.3) is 5.91 Å². The molecule has 0 unspecified atom stereocenters. The van der Waals surface area contributed by atoms with E-state index >= 15 is 0 Å². The summed E-state index contributed by atoms with van der Waals surface area (Å²) in [7, 11) is 1.64. The molecule has 6 heteroatoms. The molecule has 6 nitrogen and oxygen atoms in total. The molecule has 3 heterocycles. The molecule has 25 heavy (non-hydrogen) atoms. The minimum absolute atomic E-state index is 0.0455. The second-order valence-corrected chi connectivity index (χ2v) is 7.16. The smallest absolute Gasteiger partial charge is 0.271 e. The van der Waals surface area contributed by atoms with Crippen molar-refractivity contribution in [3.63, 3.8) is 0 Å². The number of hydrogen-bond acceptors (Lipinski definition) is 4. The number of hydrogen-bond donors (Lipinski definition) is 2. The molecule has 0 radical (unpaired) electrons. The van der Waals surface area contributed by atoms with E-state index in [1.807, 2.05) is 35.2 Å². The van der Waals surface area contributed by atoms with Gasteiger partial charge in [-0.05, 0) is 44.0 Å². The molecule has 132 valence electrons. The van der Waals surface area contributed by atoms with Gasteiger partial charge in [0, 0.05) is 30.6 Å². The van der Waals surface area contributed by atoms with Crippen molar-refractivity contribution in [3.8, 4) is 17.0 Å². The number of methoxy groups -OCH3 is 1. The third-order valence-corrected chi connectivity index (χ3v) is 5.46. The number of piperidine rings is 1. The number of likely N-dealkylation sites (tertiary alicyclic amines) is 1. The van der Waals surface area contributed by atoms with Crippen molar-refractivity contribution in [1.29, 1.82) is 0 Å². The van der Waals surface area contributed by atoms with Gasteiger partial charge in [0.1, 0.15) is 11.4 Å². The lowest BCUT2D eigenvalue weighted by Gasteiger charge is -2.33. The fraction of sp³-hybridized carbons (Fsp3) is 0.474. The highest BCUT2D eigenvalue weighted by Gasteiger charge is 2.41. The van der Waals surface area contributed by atoms with Gasteiger partial charge < -0.3 is 15.0 Å². The highest BCUT2D eigenvalue weighted by atomic mass is 16.5. The second kappa shape index (κ2) is 6.52. The maximum atomic E-state index is 12.9. The zero-order valence-electron chi connectivity index (χ0n) is 14.5. The van der Waals surface area contributed by atoms with Crippen molar-refractivity contribution in [3.05, 3.63) is 36.0 Å². The lowest BCUT2D eigenvalue weighted by atomic mass is 9.80. The van der Waals surface area contributed by atoms with Crippen LogP contribution in [0.3, 0.4) is 0 Å². The monoisotopic (exact) mass is 340 g/mol. The first-order valence-electron chi connectivity index (χ1n) is 8.89. The number of aromatic amines is 1. The molecular weight excluding hydrogens is 316 g/mol. The van der Waals surface area contributed by atoms with Crippen LogP contribution in [-0.2, 0) is 0 Å². The van der Waals surface area contributed by atoms with Gasteiger partial charge in [0.2, 0.25) is 0 Å². The topological polar surface area (TPSA) is 70.2 Å². The van der Waals surface area contributed by atoms with Crippen molar-refractivity contribution in [1.82, 2.24) is 20.4 Å². The van der Waals surface area contributed by atoms with Crippen LogP contribution in [0.5, 0.6) is 5.75 Å². The first-order chi connectivity index (χ1) is 12.2. The summed E-state index contributed by atoms with van der Waals surface area (Å²) >= 11 is 0. The number of nitrogens with zero attached hydrogens (tertiary/aromatic N) is 2. The van der Waals surface area contributed by atoms with Gasteiger partial charge in [0.15, 0.2) is 0 Å². The molecule has 2 aliphatic rings. The third-order valence-electron chi connectivity index (χ3n) is 5.46. The number of carbonyl (C=O) groups excluding carboxylic acids is 1. The van der Waals surface area contributed by atoms with Crippen LogP contribution >= 0.6 is 0 Å². The zero-order chi connectivity index (χ0) is 17.3. The molecule has 2 saturated heterocycles. The molecule has 1 spiro atoms. The number of nitrogens with one attached hydrogen (secondary N) is 2. The number of benzene rings is 1. The van der Waals surface area contributed by atoms with E-state index in [2.05, 4.69) is 15.5 Å². The van der Waals surface area contributed by atoms with E-state index in [4.69, 9.17) is 4.74 Å². The fourth-order valence-electron chi connectivity index (χ4n) is 4.02. The molecule has 1 aromatic carbocycles. The number of aromatic nitrogens is 2. The molecule has 1 aromatic heterocycles. The van der Waals surface area contributed by atoms with Crippen LogP contribution < -0.4 is 10.1 Å². The average molecular weight is 340 g/mol. The summed E-state index contributed by atoms with van der Waals surface area (Å²) < 4.78 is 5.26. The predicted molar refractivity (Wildman–Crippen MR) is 95.6 cm³/mol. The van der Waals surface area contributed by atoms with Crippen LogP contribution in [0, 0.1) is 5.41 Å². The minimum Gasteiger partial charge on any atom is -0.497 e. The third kappa shape index (κ3) is 3.14. The summed E-state index contributed by atoms with van der Waals surface area (Å²) in [5, 5.41) is 10.7. The van der Waals surface area contributed by atoms with Crippen molar-refractivity contribution in [2.75, 3.05) is 33.3 Å². The molecule has 2 fully saturated rings. The van der Waals surface area contributed by atoms with Crippen LogP contribution in [0.1, 0.15) is 29.8 Å². The molecule has 4 rings (SSSR count). The van der Waals surface area contributed by atoms with Crippen LogP contribution in [0.4, 0.5) is 0 Å². The number of carbonyl (C=O) groups is 1. The Morgan fingerprint density at radius 1 is 1.32 bits per heavy atom. The average Bonchev–Trinajstić information content (AvgIpc) is 3.30. The fourth-order valence-corrected chi connectivity index (χ4v) is 4.02. The lowest BCUT2D eigenvalue weighted by Crippen LogP contribution is -2.42. The Morgan fingerprint density at radius 2 is 2.24 bits per heavy atom. The summed E-state index contributed by atoms with van der Waals surface area (Å²) in [6.07, 6.45) is 3.50. The van der Waals surface area contributed by atoms with Crippen molar-refractivity contribution < 1.29 is 9.53 Å². The van der Waals surface area contributed by atoms with Crippen molar-refractivity contribution in [2.45, 2.75) is 19.3 Å². The second-order valence-electron chi connectivity index (χ2n) is 7.16. The van der Waals surface area contributed by atoms with Gasteiger partial charge in [-0.15, -0.1) is 0 Å². The molecule has 0 saturated carbocycles. The van der Waals surface area contributed by atoms with Gasteiger partial charge in [0.05, 0.1) is 12.8 Å². The minimum atomic E-state index is 0.0455. The van der Waals surface area contributed by atoms with Gasteiger partial charge >= 0.3 is 0 Å². The van der Waals surface area contributed by atoms with E-state index in [-0.39, 0.29) is 11.3 Å². The lowest BCUT2D eigenvalue weighted by molar-refractivity contribution is 0.0758.